The van der Waals surface area contributed by atoms with E-state index in [2.05, 4.69) is 5.16 Å². The molecule has 1 N–H and O–H groups in total. The fraction of sp³-hybridized carbons (Fsp3) is 0.200. The molecule has 1 unspecified atom stereocenters. The number of halogens is 5. The average Bonchev–Trinajstić information content (AvgIpc) is 3.32. The lowest BCUT2D eigenvalue weighted by Gasteiger charge is -2.30. The van der Waals surface area contributed by atoms with Crippen molar-refractivity contribution in [2.45, 2.75) is 25.1 Å². The van der Waals surface area contributed by atoms with Gasteiger partial charge in [-0.05, 0) is 48.9 Å². The van der Waals surface area contributed by atoms with E-state index in [1.54, 1.807) is 19.1 Å². The van der Waals surface area contributed by atoms with Crippen LogP contribution >= 0.6 is 23.2 Å². The third-order valence-electron chi connectivity index (χ3n) is 5.16. The molecule has 3 heterocycles. The first-order valence-electron chi connectivity index (χ1n) is 8.67. The molecule has 3 aromatic rings. The Morgan fingerprint density at radius 2 is 1.90 bits per heavy atom. The van der Waals surface area contributed by atoms with Crippen LogP contribution in [0.25, 0.3) is 5.52 Å². The minimum atomic E-state index is -4.82. The van der Waals surface area contributed by atoms with Crippen LogP contribution in [-0.4, -0.2) is 27.4 Å². The number of carboxylic acids is 1. The summed E-state index contributed by atoms with van der Waals surface area (Å²) in [7, 11) is 0. The third kappa shape index (κ3) is 3.02. The van der Waals surface area contributed by atoms with Crippen molar-refractivity contribution in [3.05, 3.63) is 75.0 Å². The summed E-state index contributed by atoms with van der Waals surface area (Å²) in [4.78, 5) is 16.4. The molecule has 156 valence electrons. The summed E-state index contributed by atoms with van der Waals surface area (Å²) >= 11 is 12.1. The molecule has 30 heavy (non-hydrogen) atoms. The standard InChI is InChI=1S/C20H13Cl2F3N2O3/c1-10-13(21)7-11(8-14(10)22)19(20(23,24)25)9-15(26-30-19)12-4-5-17(18(28)29)27-6-2-3-16(12)27/h2-8H,9H2,1H3,(H,28,29). The zero-order chi connectivity index (χ0) is 21.8. The molecular formula is C20H13Cl2F3N2O3. The molecule has 1 aliphatic rings. The largest absolute Gasteiger partial charge is 0.477 e. The maximum Gasteiger partial charge on any atom is 0.435 e. The first-order chi connectivity index (χ1) is 14.0. The van der Waals surface area contributed by atoms with Crippen molar-refractivity contribution in [1.82, 2.24) is 4.40 Å². The highest BCUT2D eigenvalue weighted by Crippen LogP contribution is 2.50. The number of pyridine rings is 1. The minimum absolute atomic E-state index is 0.0285. The van der Waals surface area contributed by atoms with Crippen molar-refractivity contribution in [3.63, 3.8) is 0 Å². The third-order valence-corrected chi connectivity index (χ3v) is 5.94. The van der Waals surface area contributed by atoms with Gasteiger partial charge in [0, 0.05) is 27.4 Å². The Morgan fingerprint density at radius 3 is 2.50 bits per heavy atom. The Kier molecular flexibility index (Phi) is 4.74. The Labute approximate surface area is 178 Å². The van der Waals surface area contributed by atoms with Gasteiger partial charge < -0.3 is 14.3 Å². The summed E-state index contributed by atoms with van der Waals surface area (Å²) in [5, 5.41) is 13.2. The zero-order valence-corrected chi connectivity index (χ0v) is 16.8. The van der Waals surface area contributed by atoms with Gasteiger partial charge in [0.1, 0.15) is 5.69 Å². The molecule has 0 fully saturated rings. The number of benzene rings is 1. The van der Waals surface area contributed by atoms with E-state index in [1.165, 1.54) is 34.9 Å². The molecule has 0 saturated heterocycles. The van der Waals surface area contributed by atoms with Crippen molar-refractivity contribution in [2.75, 3.05) is 0 Å². The molecule has 10 heteroatoms. The lowest BCUT2D eigenvalue weighted by atomic mass is 9.86. The number of aromatic carboxylic acids is 1. The summed E-state index contributed by atoms with van der Waals surface area (Å²) in [5.41, 5.74) is -1.84. The summed E-state index contributed by atoms with van der Waals surface area (Å²) in [6, 6.07) is 8.27. The van der Waals surface area contributed by atoms with Gasteiger partial charge >= 0.3 is 12.1 Å². The minimum Gasteiger partial charge on any atom is -0.477 e. The van der Waals surface area contributed by atoms with Crippen LogP contribution in [0, 0.1) is 6.92 Å². The number of aromatic nitrogens is 1. The van der Waals surface area contributed by atoms with Gasteiger partial charge in [0.25, 0.3) is 5.60 Å². The molecule has 1 aromatic carbocycles. The quantitative estimate of drug-likeness (QED) is 0.538. The number of alkyl halides is 3. The summed E-state index contributed by atoms with van der Waals surface area (Å²) in [6.45, 7) is 1.60. The van der Waals surface area contributed by atoms with Gasteiger partial charge in [-0.15, -0.1) is 0 Å². The van der Waals surface area contributed by atoms with Crippen LogP contribution in [0.4, 0.5) is 13.2 Å². The normalized spacial score (nSPS) is 19.1. The monoisotopic (exact) mass is 456 g/mol. The number of rotatable bonds is 3. The summed E-state index contributed by atoms with van der Waals surface area (Å²) in [5.74, 6) is -1.17. The van der Waals surface area contributed by atoms with Crippen molar-refractivity contribution in [3.8, 4) is 0 Å². The molecule has 0 saturated carbocycles. The molecule has 0 bridgehead atoms. The second kappa shape index (κ2) is 6.92. The molecule has 1 atom stereocenters. The SMILES string of the molecule is Cc1c(Cl)cc(C2(C(F)(F)F)CC(c3ccc(C(=O)O)n4cccc34)=NO2)cc1Cl. The molecule has 2 aromatic heterocycles. The maximum atomic E-state index is 14.2. The van der Waals surface area contributed by atoms with Gasteiger partial charge in [0.15, 0.2) is 0 Å². The first kappa shape index (κ1) is 20.6. The predicted octanol–water partition coefficient (Wildman–Crippen LogP) is 5.83. The Hall–Kier alpha value is -2.71. The Morgan fingerprint density at radius 1 is 1.23 bits per heavy atom. The van der Waals surface area contributed by atoms with Crippen LogP contribution in [0.2, 0.25) is 10.0 Å². The number of hydrogen-bond donors (Lipinski definition) is 1. The van der Waals surface area contributed by atoms with E-state index in [9.17, 15) is 23.1 Å². The van der Waals surface area contributed by atoms with Crippen molar-refractivity contribution in [2.24, 2.45) is 5.16 Å². The van der Waals surface area contributed by atoms with Crippen molar-refractivity contribution in [1.29, 1.82) is 0 Å². The molecule has 5 nitrogen and oxygen atoms in total. The van der Waals surface area contributed by atoms with Gasteiger partial charge in [-0.1, -0.05) is 28.4 Å². The molecule has 0 aliphatic carbocycles. The number of carboxylic acid groups (broad SMARTS) is 1. The van der Waals surface area contributed by atoms with Crippen molar-refractivity contribution < 1.29 is 27.9 Å². The maximum absolute atomic E-state index is 14.2. The summed E-state index contributed by atoms with van der Waals surface area (Å²) < 4.78 is 44.0. The zero-order valence-electron chi connectivity index (χ0n) is 15.3. The number of carbonyl (C=O) groups is 1. The molecule has 0 amide bonds. The van der Waals surface area contributed by atoms with Gasteiger partial charge in [0.2, 0.25) is 0 Å². The number of nitrogens with zero attached hydrogens (tertiary/aromatic N) is 2. The van der Waals surface area contributed by atoms with E-state index in [0.717, 1.165) is 0 Å². The van der Waals surface area contributed by atoms with Crippen LogP contribution in [0.5, 0.6) is 0 Å². The van der Waals surface area contributed by atoms with Crippen LogP contribution in [-0.2, 0) is 10.4 Å². The lowest BCUT2D eigenvalue weighted by Crippen LogP contribution is -2.42. The second-order valence-electron chi connectivity index (χ2n) is 6.90. The van der Waals surface area contributed by atoms with E-state index in [0.29, 0.717) is 16.6 Å². The van der Waals surface area contributed by atoms with E-state index >= 15 is 0 Å². The Balaban J connectivity index is 1.83. The first-order valence-corrected chi connectivity index (χ1v) is 9.42. The van der Waals surface area contributed by atoms with Gasteiger partial charge in [-0.25, -0.2) is 4.79 Å². The fourth-order valence-corrected chi connectivity index (χ4v) is 3.97. The molecule has 1 aliphatic heterocycles. The highest BCUT2D eigenvalue weighted by molar-refractivity contribution is 6.36. The van der Waals surface area contributed by atoms with Crippen LogP contribution < -0.4 is 0 Å². The van der Waals surface area contributed by atoms with Crippen LogP contribution in [0.1, 0.15) is 33.6 Å². The van der Waals surface area contributed by atoms with E-state index in [1.807, 2.05) is 0 Å². The van der Waals surface area contributed by atoms with Gasteiger partial charge in [-0.2, -0.15) is 13.2 Å². The number of hydrogen-bond acceptors (Lipinski definition) is 3. The Bertz CT molecular complexity index is 1200. The predicted molar refractivity (Wildman–Crippen MR) is 106 cm³/mol. The number of oxime groups is 1. The topological polar surface area (TPSA) is 63.3 Å². The number of fused-ring (bicyclic) bond motifs is 1. The second-order valence-corrected chi connectivity index (χ2v) is 7.71. The van der Waals surface area contributed by atoms with Gasteiger partial charge in [-0.3, -0.25) is 0 Å². The van der Waals surface area contributed by atoms with Gasteiger partial charge in [0.05, 0.1) is 17.6 Å². The smallest absolute Gasteiger partial charge is 0.435 e. The average molecular weight is 457 g/mol. The molecule has 0 radical (unpaired) electrons. The van der Waals surface area contributed by atoms with E-state index in [4.69, 9.17) is 28.0 Å². The van der Waals surface area contributed by atoms with E-state index < -0.39 is 24.2 Å². The van der Waals surface area contributed by atoms with E-state index in [-0.39, 0.29) is 27.0 Å². The summed E-state index contributed by atoms with van der Waals surface area (Å²) in [6.07, 6.45) is -3.94. The molecule has 4 rings (SSSR count). The fourth-order valence-electron chi connectivity index (χ4n) is 3.48. The van der Waals surface area contributed by atoms with Crippen molar-refractivity contribution >= 4 is 40.4 Å². The highest BCUT2D eigenvalue weighted by atomic mass is 35.5. The van der Waals surface area contributed by atoms with Crippen LogP contribution in [0.15, 0.2) is 47.8 Å². The highest BCUT2D eigenvalue weighted by Gasteiger charge is 2.62. The van der Waals surface area contributed by atoms with Crippen LogP contribution in [0.3, 0.4) is 0 Å². The molecular weight excluding hydrogens is 444 g/mol. The lowest BCUT2D eigenvalue weighted by molar-refractivity contribution is -0.275. The molecule has 0 spiro atoms.